The summed E-state index contributed by atoms with van der Waals surface area (Å²) in [6, 6.07) is 2.80. The topological polar surface area (TPSA) is 149 Å². The molecule has 4 rings (SSSR count). The number of esters is 1. The van der Waals surface area contributed by atoms with E-state index in [0.717, 1.165) is 12.8 Å². The molecule has 2 aliphatic rings. The summed E-state index contributed by atoms with van der Waals surface area (Å²) in [5.41, 5.74) is 0.244. The van der Waals surface area contributed by atoms with Gasteiger partial charge in [0, 0.05) is 31.9 Å². The van der Waals surface area contributed by atoms with Gasteiger partial charge in [-0.1, -0.05) is 59.2 Å². The van der Waals surface area contributed by atoms with Crippen LogP contribution in [0.15, 0.2) is 30.9 Å². The molecule has 6 atom stereocenters. The summed E-state index contributed by atoms with van der Waals surface area (Å²) >= 11 is 6.51. The second kappa shape index (κ2) is 16.9. The number of hydrogen-bond acceptors (Lipinski definition) is 10. The van der Waals surface area contributed by atoms with E-state index >= 15 is 0 Å². The minimum atomic E-state index is -1.09. The zero-order chi connectivity index (χ0) is 37.6. The maximum atomic E-state index is 14.5. The molecule has 13 nitrogen and oxygen atoms in total. The first-order chi connectivity index (χ1) is 24.0. The van der Waals surface area contributed by atoms with Crippen molar-refractivity contribution in [3.63, 3.8) is 0 Å². The van der Waals surface area contributed by atoms with Gasteiger partial charge in [-0.15, -0.1) is 6.58 Å². The van der Waals surface area contributed by atoms with Gasteiger partial charge >= 0.3 is 12.1 Å². The minimum absolute atomic E-state index is 0.0134. The smallest absolute Gasteiger partial charge is 0.408 e. The normalized spacial score (nSPS) is 22.5. The van der Waals surface area contributed by atoms with Crippen molar-refractivity contribution in [2.75, 3.05) is 26.8 Å². The molecule has 0 aliphatic carbocycles. The number of benzene rings is 1. The molecule has 0 spiro atoms. The second-order valence-corrected chi connectivity index (χ2v) is 15.2. The molecule has 2 aromatic rings. The fourth-order valence-electron chi connectivity index (χ4n) is 6.62. The molecule has 3 amide bonds. The van der Waals surface area contributed by atoms with Crippen LogP contribution in [-0.4, -0.2) is 101 Å². The molecule has 0 saturated carbocycles. The third kappa shape index (κ3) is 9.61. The van der Waals surface area contributed by atoms with Gasteiger partial charge in [0.2, 0.25) is 11.8 Å². The molecular formula is C37H52ClN5O8. The Balaban J connectivity index is 1.58. The Morgan fingerprint density at radius 2 is 1.84 bits per heavy atom. The van der Waals surface area contributed by atoms with Crippen molar-refractivity contribution in [1.29, 1.82) is 0 Å². The monoisotopic (exact) mass is 729 g/mol. The number of rotatable bonds is 13. The standard InChI is InChI=1S/C37H52ClN5O8/c1-10-11-12-13-27-28(16-17-42(27)23(5)44)51-36(47)41-31(37(6,7)8)34(45)43-19-29(22(4)30(43)35(46)49-20-21(2)3)50-33-32(38)39-25-15-14-24(48-9)18-26(25)40-33/h10,14-15,18,21-22,27-31H,1,11-13,16-17,19-20H2,2-9H3,(H,41,47)/t22-,27+,28-,29+,30+,31-/m1/s1. The summed E-state index contributed by atoms with van der Waals surface area (Å²) in [6.07, 6.45) is 2.48. The predicted molar refractivity (Wildman–Crippen MR) is 192 cm³/mol. The van der Waals surface area contributed by atoms with Crippen LogP contribution in [0.25, 0.3) is 11.0 Å². The molecule has 2 saturated heterocycles. The van der Waals surface area contributed by atoms with Gasteiger partial charge in [-0.25, -0.2) is 19.6 Å². The Morgan fingerprint density at radius 1 is 1.12 bits per heavy atom. The van der Waals surface area contributed by atoms with E-state index < -0.39 is 53.6 Å². The van der Waals surface area contributed by atoms with Gasteiger partial charge in [0.05, 0.1) is 37.3 Å². The number of nitrogens with zero attached hydrogens (tertiary/aromatic N) is 4. The Kier molecular flexibility index (Phi) is 13.2. The molecule has 280 valence electrons. The number of fused-ring (bicyclic) bond motifs is 1. The van der Waals surface area contributed by atoms with Crippen LogP contribution in [0.2, 0.25) is 5.15 Å². The number of unbranched alkanes of at least 4 members (excludes halogenated alkanes) is 1. The van der Waals surface area contributed by atoms with Gasteiger partial charge < -0.3 is 34.1 Å². The number of halogens is 1. The molecule has 0 bridgehead atoms. The van der Waals surface area contributed by atoms with Crippen LogP contribution in [0, 0.1) is 17.3 Å². The molecule has 3 heterocycles. The van der Waals surface area contributed by atoms with E-state index in [9.17, 15) is 19.2 Å². The Hall–Kier alpha value is -4.13. The van der Waals surface area contributed by atoms with Crippen LogP contribution >= 0.6 is 11.6 Å². The Labute approximate surface area is 305 Å². The lowest BCUT2D eigenvalue weighted by molar-refractivity contribution is -0.156. The number of amides is 3. The maximum absolute atomic E-state index is 14.5. The number of carbonyl (C=O) groups is 4. The third-order valence-electron chi connectivity index (χ3n) is 9.37. The van der Waals surface area contributed by atoms with Crippen LogP contribution in [0.4, 0.5) is 4.79 Å². The Morgan fingerprint density at radius 3 is 2.47 bits per heavy atom. The quantitative estimate of drug-likeness (QED) is 0.158. The highest BCUT2D eigenvalue weighted by atomic mass is 35.5. The van der Waals surface area contributed by atoms with Gasteiger partial charge in [-0.2, -0.15) is 0 Å². The van der Waals surface area contributed by atoms with Gasteiger partial charge in [0.1, 0.15) is 30.0 Å². The van der Waals surface area contributed by atoms with Crippen LogP contribution in [0.5, 0.6) is 11.6 Å². The van der Waals surface area contributed by atoms with Crippen molar-refractivity contribution in [3.05, 3.63) is 36.0 Å². The summed E-state index contributed by atoms with van der Waals surface area (Å²) in [5, 5.41) is 2.83. The first-order valence-corrected chi connectivity index (χ1v) is 17.9. The molecule has 1 aromatic carbocycles. The number of alkyl carbamates (subject to hydrolysis) is 1. The zero-order valence-corrected chi connectivity index (χ0v) is 31.7. The number of allylic oxidation sites excluding steroid dienone is 1. The van der Waals surface area contributed by atoms with Crippen molar-refractivity contribution in [3.8, 4) is 11.6 Å². The van der Waals surface area contributed by atoms with Crippen molar-refractivity contribution >= 4 is 46.5 Å². The average Bonchev–Trinajstić information content (AvgIpc) is 3.61. The number of carbonyl (C=O) groups excluding carboxylic acids is 4. The number of methoxy groups -OCH3 is 1. The molecule has 51 heavy (non-hydrogen) atoms. The van der Waals surface area contributed by atoms with E-state index in [2.05, 4.69) is 21.9 Å². The van der Waals surface area contributed by atoms with E-state index in [-0.39, 0.29) is 42.1 Å². The first-order valence-electron chi connectivity index (χ1n) is 17.6. The average molecular weight is 730 g/mol. The van der Waals surface area contributed by atoms with Gasteiger partial charge in [0.25, 0.3) is 5.88 Å². The van der Waals surface area contributed by atoms with Gasteiger partial charge in [-0.05, 0) is 42.7 Å². The fourth-order valence-corrected chi connectivity index (χ4v) is 6.80. The summed E-state index contributed by atoms with van der Waals surface area (Å²) in [4.78, 5) is 66.1. The zero-order valence-electron chi connectivity index (χ0n) is 30.9. The largest absolute Gasteiger partial charge is 0.497 e. The van der Waals surface area contributed by atoms with Crippen LogP contribution in [0.3, 0.4) is 0 Å². The lowest BCUT2D eigenvalue weighted by atomic mass is 9.85. The minimum Gasteiger partial charge on any atom is -0.497 e. The lowest BCUT2D eigenvalue weighted by Crippen LogP contribution is -2.58. The number of nitrogens with one attached hydrogen (secondary N) is 1. The van der Waals surface area contributed by atoms with Gasteiger partial charge in [0.15, 0.2) is 5.15 Å². The lowest BCUT2D eigenvalue weighted by Gasteiger charge is -2.35. The van der Waals surface area contributed by atoms with Crippen molar-refractivity contribution < 1.29 is 38.1 Å². The second-order valence-electron chi connectivity index (χ2n) is 14.8. The van der Waals surface area contributed by atoms with E-state index in [1.807, 2.05) is 40.7 Å². The highest BCUT2D eigenvalue weighted by molar-refractivity contribution is 6.31. The summed E-state index contributed by atoms with van der Waals surface area (Å²) in [5.74, 6) is -1.01. The third-order valence-corrected chi connectivity index (χ3v) is 9.62. The maximum Gasteiger partial charge on any atom is 0.408 e. The number of aromatic nitrogens is 2. The molecular weight excluding hydrogens is 678 g/mol. The highest BCUT2D eigenvalue weighted by Crippen LogP contribution is 2.35. The SMILES string of the molecule is C=CCCC[C@H]1[C@H](OC(=O)N[C@H](C(=O)N2C[C@H](Oc3nc4cc(OC)ccc4nc3Cl)[C@@H](C)[C@H]2C(=O)OCC(C)C)C(C)(C)C)CCN1C(C)=O. The number of hydrogen-bond donors (Lipinski definition) is 1. The van der Waals surface area contributed by atoms with E-state index in [1.165, 1.54) is 11.8 Å². The highest BCUT2D eigenvalue weighted by Gasteiger charge is 2.51. The van der Waals surface area contributed by atoms with Crippen LogP contribution < -0.4 is 14.8 Å². The summed E-state index contributed by atoms with van der Waals surface area (Å²) in [7, 11) is 1.55. The molecule has 1 aromatic heterocycles. The van der Waals surface area contributed by atoms with Gasteiger partial charge in [-0.3, -0.25) is 9.59 Å². The fraction of sp³-hybridized carbons (Fsp3) is 0.622. The summed E-state index contributed by atoms with van der Waals surface area (Å²) in [6.45, 7) is 17.0. The van der Waals surface area contributed by atoms with Crippen LogP contribution in [-0.2, 0) is 23.9 Å². The Bertz CT molecular complexity index is 1600. The molecule has 0 unspecified atom stereocenters. The number of likely N-dealkylation sites (tertiary alicyclic amines) is 2. The molecule has 0 radical (unpaired) electrons. The van der Waals surface area contributed by atoms with E-state index in [0.29, 0.717) is 36.2 Å². The van der Waals surface area contributed by atoms with E-state index in [4.69, 9.17) is 30.5 Å². The molecule has 2 aliphatic heterocycles. The van der Waals surface area contributed by atoms with Crippen molar-refractivity contribution in [2.24, 2.45) is 17.3 Å². The first kappa shape index (κ1) is 39.7. The van der Waals surface area contributed by atoms with Crippen molar-refractivity contribution in [1.82, 2.24) is 25.1 Å². The molecule has 1 N–H and O–H groups in total. The summed E-state index contributed by atoms with van der Waals surface area (Å²) < 4.78 is 23.2. The molecule has 2 fully saturated rings. The van der Waals surface area contributed by atoms with Crippen LogP contribution in [0.1, 0.15) is 74.1 Å². The van der Waals surface area contributed by atoms with E-state index in [1.54, 1.807) is 37.1 Å². The van der Waals surface area contributed by atoms with Crippen molar-refractivity contribution in [2.45, 2.75) is 104 Å². The molecule has 14 heteroatoms. The number of ether oxygens (including phenoxy) is 4. The predicted octanol–water partition coefficient (Wildman–Crippen LogP) is 5.57.